The van der Waals surface area contributed by atoms with E-state index in [-0.39, 0.29) is 19.4 Å². The third kappa shape index (κ3) is 10.00. The predicted molar refractivity (Wildman–Crippen MR) is 128 cm³/mol. The van der Waals surface area contributed by atoms with Gasteiger partial charge in [0.05, 0.1) is 25.4 Å². The lowest BCUT2D eigenvalue weighted by Gasteiger charge is -2.45. The van der Waals surface area contributed by atoms with E-state index in [4.69, 9.17) is 15.9 Å². The number of halogens is 3. The van der Waals surface area contributed by atoms with Crippen LogP contribution in [0.5, 0.6) is 0 Å². The Balaban J connectivity index is 0.000000694. The molecule has 2 saturated carbocycles. The quantitative estimate of drug-likeness (QED) is 0.105. The van der Waals surface area contributed by atoms with Crippen LogP contribution in [-0.2, 0) is 33.4 Å². The fourth-order valence-corrected chi connectivity index (χ4v) is 4.39. The average molecular weight is 565 g/mol. The van der Waals surface area contributed by atoms with E-state index < -0.39 is 65.0 Å². The van der Waals surface area contributed by atoms with Crippen molar-refractivity contribution < 1.29 is 61.4 Å². The summed E-state index contributed by atoms with van der Waals surface area (Å²) in [7, 11) is -7.63. The summed E-state index contributed by atoms with van der Waals surface area (Å²) in [6.07, 6.45) is -1.90. The summed E-state index contributed by atoms with van der Waals surface area (Å²) in [5, 5.41) is 32.8. The molecule has 216 valence electrons. The van der Waals surface area contributed by atoms with Crippen LogP contribution in [0.15, 0.2) is 0 Å². The molecule has 2 aliphatic carbocycles. The summed E-state index contributed by atoms with van der Waals surface area (Å²) in [5.41, 5.74) is -7.85. The lowest BCUT2D eigenvalue weighted by Crippen LogP contribution is -2.67. The molecule has 0 atom stereocenters. The van der Waals surface area contributed by atoms with E-state index in [2.05, 4.69) is 14.6 Å². The molecule has 0 unspecified atom stereocenters. The molecule has 0 aromatic rings. The summed E-state index contributed by atoms with van der Waals surface area (Å²) in [5.74, 6) is -1.18. The Morgan fingerprint density at radius 3 is 1.62 bits per heavy atom. The van der Waals surface area contributed by atoms with Gasteiger partial charge in [-0.15, -0.1) is 0 Å². The molecule has 0 saturated heterocycles. The first kappa shape index (κ1) is 33.6. The minimum Gasteiger partial charge on any atom is -0.465 e. The summed E-state index contributed by atoms with van der Waals surface area (Å²) in [6.45, 7) is 8.73. The lowest BCUT2D eigenvalue weighted by molar-refractivity contribution is -0.160. The van der Waals surface area contributed by atoms with Crippen LogP contribution in [0.4, 0.5) is 13.2 Å². The van der Waals surface area contributed by atoms with Crippen molar-refractivity contribution in [1.82, 2.24) is 10.5 Å². The van der Waals surface area contributed by atoms with Gasteiger partial charge in [0.25, 0.3) is 0 Å². The van der Waals surface area contributed by atoms with E-state index in [9.17, 15) is 41.3 Å². The number of esters is 2. The summed E-state index contributed by atoms with van der Waals surface area (Å²) >= 11 is 0. The van der Waals surface area contributed by atoms with Gasteiger partial charge in [0.15, 0.2) is 0 Å². The predicted octanol–water partition coefficient (Wildman–Crippen LogP) is 0.186. The summed E-state index contributed by atoms with van der Waals surface area (Å²) < 4.78 is 78.1. The van der Waals surface area contributed by atoms with Gasteiger partial charge in [-0.3, -0.25) is 13.8 Å². The van der Waals surface area contributed by atoms with Gasteiger partial charge in [0.2, 0.25) is 0 Å². The number of aliphatic hydroxyl groups excluding tert-OH is 1. The maximum Gasteiger partial charge on any atom is 0.523 e. The highest BCUT2D eigenvalue weighted by molar-refractivity contribution is 7.87. The molecule has 37 heavy (non-hydrogen) atoms. The number of nitrogens with one attached hydrogen (secondary N) is 2. The molecule has 0 radical (unpaired) electrons. The number of carbonyl (C=O) groups excluding carboxylic acids is 2. The third-order valence-electron chi connectivity index (χ3n) is 5.17. The smallest absolute Gasteiger partial charge is 0.465 e. The molecule has 12 nitrogen and oxygen atoms in total. The van der Waals surface area contributed by atoms with E-state index in [1.807, 2.05) is 0 Å². The first-order valence-corrected chi connectivity index (χ1v) is 13.0. The molecule has 0 amide bonds. The second kappa shape index (κ2) is 14.6. The maximum atomic E-state index is 12.2. The first-order chi connectivity index (χ1) is 17.3. The van der Waals surface area contributed by atoms with Crippen LogP contribution in [0, 0.1) is 0 Å². The van der Waals surface area contributed by atoms with Gasteiger partial charge >= 0.3 is 41.7 Å². The van der Waals surface area contributed by atoms with Crippen LogP contribution in [-0.4, -0.2) is 91.6 Å². The number of hydrogen-bond acceptors (Lipinski definition) is 12. The van der Waals surface area contributed by atoms with E-state index in [0.717, 1.165) is 0 Å². The maximum absolute atomic E-state index is 12.2. The molecule has 2 rings (SSSR count). The Hall–Kier alpha value is -1.43. The zero-order valence-corrected chi connectivity index (χ0v) is 22.3. The van der Waals surface area contributed by atoms with Gasteiger partial charge < -0.3 is 35.1 Å². The summed E-state index contributed by atoms with van der Waals surface area (Å²) in [4.78, 5) is 23.3. The number of rotatable bonds is 10. The van der Waals surface area contributed by atoms with E-state index in [1.54, 1.807) is 13.8 Å². The highest BCUT2D eigenvalue weighted by Crippen LogP contribution is 2.39. The van der Waals surface area contributed by atoms with Gasteiger partial charge in [-0.25, -0.2) is 0 Å². The normalized spacial score (nSPS) is 26.9. The van der Waals surface area contributed by atoms with Gasteiger partial charge in [0.1, 0.15) is 11.1 Å². The van der Waals surface area contributed by atoms with Crippen molar-refractivity contribution in [3.05, 3.63) is 0 Å². The Morgan fingerprint density at radius 1 is 1.00 bits per heavy atom. The standard InChI is InChI=1S/C9H15BF3NO6S.C8H16BNO4.C2H6/c1-3-19-7(15)8(14-10(2)16)4-6(5-8)20-21(17,18)9(11,12)13;1-3-14-7(12)8(10-9(2)13)4-6(11)5-8;1-2/h6,14,16H,3-5H2,1-2H3;6,10-11,13H,3-5H2,1-2H3;1-2H3/i;;1D. The monoisotopic (exact) mass is 565 g/mol. The second-order valence-corrected chi connectivity index (χ2v) is 9.90. The zero-order valence-electron chi connectivity index (χ0n) is 22.5. The van der Waals surface area contributed by atoms with Crippen LogP contribution in [0.3, 0.4) is 0 Å². The molecule has 2 fully saturated rings. The fraction of sp³-hybridized carbons (Fsp3) is 0.895. The molecular formula is C19H37B2F3N2O10S. The van der Waals surface area contributed by atoms with Crippen LogP contribution >= 0.6 is 0 Å². The van der Waals surface area contributed by atoms with Crippen LogP contribution in [0.2, 0.25) is 13.6 Å². The largest absolute Gasteiger partial charge is 0.523 e. The van der Waals surface area contributed by atoms with E-state index in [0.29, 0.717) is 26.3 Å². The Kier molecular flexibility index (Phi) is 13.3. The lowest BCUT2D eigenvalue weighted by atomic mass is 9.69. The van der Waals surface area contributed by atoms with Crippen molar-refractivity contribution >= 4 is 36.2 Å². The SMILES string of the molecule is CCOC(=O)C1(NB(C)O)CC(O)C1.CCOC(=O)C1(NB(C)O)CC(OS(=O)(=O)C(F)(F)F)C1.[2H]CC. The van der Waals surface area contributed by atoms with Gasteiger partial charge in [0, 0.05) is 27.1 Å². The zero-order chi connectivity index (χ0) is 29.9. The molecule has 5 N–H and O–H groups in total. The topological polar surface area (TPSA) is 181 Å². The highest BCUT2D eigenvalue weighted by Gasteiger charge is 2.57. The van der Waals surface area contributed by atoms with Crippen molar-refractivity contribution in [1.29, 1.82) is 0 Å². The van der Waals surface area contributed by atoms with Crippen molar-refractivity contribution in [3.8, 4) is 0 Å². The van der Waals surface area contributed by atoms with Crippen LogP contribution in [0.25, 0.3) is 0 Å². The Bertz CT molecular complexity index is 856. The molecule has 18 heteroatoms. The number of alkyl halides is 3. The molecular weight excluding hydrogens is 527 g/mol. The third-order valence-corrected chi connectivity index (χ3v) is 6.26. The van der Waals surface area contributed by atoms with Gasteiger partial charge in [-0.1, -0.05) is 13.8 Å². The molecule has 0 aromatic heterocycles. The minimum absolute atomic E-state index is 0.0362. The first-order valence-electron chi connectivity index (χ1n) is 12.3. The number of carbonyl (C=O) groups is 2. The van der Waals surface area contributed by atoms with Crippen molar-refractivity contribution in [3.63, 3.8) is 0 Å². The van der Waals surface area contributed by atoms with Crippen LogP contribution < -0.4 is 10.5 Å². The second-order valence-electron chi connectivity index (χ2n) is 8.33. The number of aliphatic hydroxyl groups is 1. The molecule has 0 aromatic carbocycles. The molecule has 0 bridgehead atoms. The molecule has 2 aliphatic rings. The Labute approximate surface area is 217 Å². The number of ether oxygens (including phenoxy) is 2. The van der Waals surface area contributed by atoms with E-state index >= 15 is 0 Å². The molecule has 0 heterocycles. The average Bonchev–Trinajstić information content (AvgIpc) is 2.70. The van der Waals surface area contributed by atoms with Gasteiger partial charge in [-0.2, -0.15) is 21.6 Å². The number of hydrogen-bond donors (Lipinski definition) is 5. The molecule has 0 spiro atoms. The van der Waals surface area contributed by atoms with Crippen LogP contribution in [0.1, 0.15) is 54.7 Å². The minimum atomic E-state index is -5.72. The fourth-order valence-electron chi connectivity index (χ4n) is 3.79. The van der Waals surface area contributed by atoms with Crippen molar-refractivity contribution in [2.24, 2.45) is 0 Å². The molecule has 0 aliphatic heterocycles. The van der Waals surface area contributed by atoms with E-state index in [1.165, 1.54) is 20.6 Å². The summed E-state index contributed by atoms with van der Waals surface area (Å²) in [6, 6.07) is 0. The van der Waals surface area contributed by atoms with Gasteiger partial charge in [-0.05, 0) is 27.5 Å². The highest BCUT2D eigenvalue weighted by atomic mass is 32.2. The Morgan fingerprint density at radius 2 is 1.35 bits per heavy atom. The van der Waals surface area contributed by atoms with Crippen molar-refractivity contribution in [2.45, 2.75) is 95.8 Å². The van der Waals surface area contributed by atoms with Crippen molar-refractivity contribution in [2.75, 3.05) is 13.2 Å².